The first-order chi connectivity index (χ1) is 10.0. The molecule has 116 valence electrons. The summed E-state index contributed by atoms with van der Waals surface area (Å²) < 4.78 is 0. The van der Waals surface area contributed by atoms with Crippen LogP contribution in [0.25, 0.3) is 0 Å². The zero-order valence-corrected chi connectivity index (χ0v) is 12.9. The minimum Gasteiger partial charge on any atom is -0.385 e. The number of aliphatic hydroxyl groups is 1. The Morgan fingerprint density at radius 2 is 2.33 bits per heavy atom. The van der Waals surface area contributed by atoms with Crippen LogP contribution in [0.3, 0.4) is 0 Å². The Morgan fingerprint density at radius 1 is 1.52 bits per heavy atom. The Morgan fingerprint density at radius 3 is 2.95 bits per heavy atom. The van der Waals surface area contributed by atoms with Crippen molar-refractivity contribution in [3.8, 4) is 0 Å². The third kappa shape index (κ3) is 4.19. The number of rotatable bonds is 6. The summed E-state index contributed by atoms with van der Waals surface area (Å²) in [6, 6.07) is 7.38. The lowest BCUT2D eigenvalue weighted by atomic mass is 9.74. The average Bonchev–Trinajstić information content (AvgIpc) is 2.47. The highest BCUT2D eigenvalue weighted by Crippen LogP contribution is 2.38. The van der Waals surface area contributed by atoms with E-state index in [1.807, 2.05) is 18.2 Å². The van der Waals surface area contributed by atoms with Gasteiger partial charge in [-0.2, -0.15) is 0 Å². The number of nitrogens with two attached hydrogens (primary N) is 1. The second-order valence-corrected chi connectivity index (χ2v) is 6.23. The Hall–Kier alpha value is -1.10. The molecule has 1 saturated heterocycles. The number of hydrogen-bond donors (Lipinski definition) is 3. The summed E-state index contributed by atoms with van der Waals surface area (Å²) >= 11 is 6.07. The third-order valence-corrected chi connectivity index (χ3v) is 4.51. The lowest BCUT2D eigenvalue weighted by molar-refractivity contribution is -0.118. The third-order valence-electron chi connectivity index (χ3n) is 4.28. The highest BCUT2D eigenvalue weighted by Gasteiger charge is 2.38. The molecule has 21 heavy (non-hydrogen) atoms. The average molecular weight is 311 g/mol. The summed E-state index contributed by atoms with van der Waals surface area (Å²) in [6.45, 7) is 1.77. The standard InChI is InChI=1S/C16H23ClN2O2/c17-14-6-1-4-12(10-14)16(21,8-2-7-15(18)20)13-5-3-9-19-11-13/h1,4,6,10,13,19,21H,2-3,5,7-9,11H2,(H2,18,20)/t13-,16-/m1/s1. The molecule has 2 rings (SSSR count). The molecule has 0 saturated carbocycles. The number of amides is 1. The van der Waals surface area contributed by atoms with Crippen LogP contribution in [0.2, 0.25) is 5.02 Å². The van der Waals surface area contributed by atoms with Gasteiger partial charge in [0.05, 0.1) is 5.60 Å². The first-order valence-corrected chi connectivity index (χ1v) is 7.87. The molecule has 0 aromatic heterocycles. The van der Waals surface area contributed by atoms with E-state index in [2.05, 4.69) is 5.32 Å². The summed E-state index contributed by atoms with van der Waals surface area (Å²) in [7, 11) is 0. The van der Waals surface area contributed by atoms with Crippen molar-refractivity contribution in [2.24, 2.45) is 11.7 Å². The van der Waals surface area contributed by atoms with Crippen molar-refractivity contribution in [1.29, 1.82) is 0 Å². The molecule has 1 aliphatic rings. The molecule has 1 amide bonds. The van der Waals surface area contributed by atoms with Crippen LogP contribution in [-0.2, 0) is 10.4 Å². The van der Waals surface area contributed by atoms with Gasteiger partial charge in [0.15, 0.2) is 0 Å². The van der Waals surface area contributed by atoms with Gasteiger partial charge in [0, 0.05) is 23.9 Å². The van der Waals surface area contributed by atoms with Crippen molar-refractivity contribution in [3.05, 3.63) is 34.9 Å². The molecule has 1 aromatic carbocycles. The van der Waals surface area contributed by atoms with Crippen LogP contribution in [0.5, 0.6) is 0 Å². The fourth-order valence-electron chi connectivity index (χ4n) is 3.13. The van der Waals surface area contributed by atoms with Crippen molar-refractivity contribution < 1.29 is 9.90 Å². The Balaban J connectivity index is 2.21. The molecule has 1 heterocycles. The molecular weight excluding hydrogens is 288 g/mol. The molecule has 5 heteroatoms. The molecule has 4 nitrogen and oxygen atoms in total. The Labute approximate surface area is 130 Å². The molecule has 0 spiro atoms. The maximum absolute atomic E-state index is 11.3. The summed E-state index contributed by atoms with van der Waals surface area (Å²) in [5.74, 6) is -0.206. The maximum Gasteiger partial charge on any atom is 0.217 e. The highest BCUT2D eigenvalue weighted by molar-refractivity contribution is 6.30. The van der Waals surface area contributed by atoms with Crippen LogP contribution in [0, 0.1) is 5.92 Å². The van der Waals surface area contributed by atoms with Gasteiger partial charge in [0.1, 0.15) is 0 Å². The van der Waals surface area contributed by atoms with E-state index in [-0.39, 0.29) is 11.8 Å². The molecule has 0 aliphatic carbocycles. The summed E-state index contributed by atoms with van der Waals surface area (Å²) in [6.07, 6.45) is 3.40. The number of hydrogen-bond acceptors (Lipinski definition) is 3. The van der Waals surface area contributed by atoms with Crippen molar-refractivity contribution in [1.82, 2.24) is 5.32 Å². The van der Waals surface area contributed by atoms with E-state index < -0.39 is 5.60 Å². The van der Waals surface area contributed by atoms with Crippen LogP contribution in [0.15, 0.2) is 24.3 Å². The van der Waals surface area contributed by atoms with E-state index in [0.717, 1.165) is 31.5 Å². The minimum absolute atomic E-state index is 0.123. The number of benzene rings is 1. The number of nitrogens with one attached hydrogen (secondary N) is 1. The molecule has 2 atom stereocenters. The minimum atomic E-state index is -0.965. The van der Waals surface area contributed by atoms with Gasteiger partial charge in [-0.1, -0.05) is 23.7 Å². The monoisotopic (exact) mass is 310 g/mol. The maximum atomic E-state index is 11.3. The van der Waals surface area contributed by atoms with E-state index >= 15 is 0 Å². The topological polar surface area (TPSA) is 75.4 Å². The summed E-state index contributed by atoms with van der Waals surface area (Å²) in [5.41, 5.74) is 5.07. The summed E-state index contributed by atoms with van der Waals surface area (Å²) in [5, 5.41) is 15.2. The van der Waals surface area contributed by atoms with E-state index in [1.54, 1.807) is 6.07 Å². The molecule has 0 bridgehead atoms. The fraction of sp³-hybridized carbons (Fsp3) is 0.562. The van der Waals surface area contributed by atoms with Crippen LogP contribution in [0.1, 0.15) is 37.7 Å². The molecule has 0 radical (unpaired) electrons. The van der Waals surface area contributed by atoms with Crippen molar-refractivity contribution in [2.75, 3.05) is 13.1 Å². The van der Waals surface area contributed by atoms with Crippen molar-refractivity contribution in [2.45, 2.75) is 37.7 Å². The van der Waals surface area contributed by atoms with Gasteiger partial charge in [0.25, 0.3) is 0 Å². The first kappa shape index (κ1) is 16.3. The molecule has 4 N–H and O–H groups in total. The number of piperidine rings is 1. The van der Waals surface area contributed by atoms with E-state index in [9.17, 15) is 9.90 Å². The molecule has 0 unspecified atom stereocenters. The van der Waals surface area contributed by atoms with Crippen molar-refractivity contribution >= 4 is 17.5 Å². The van der Waals surface area contributed by atoms with Crippen molar-refractivity contribution in [3.63, 3.8) is 0 Å². The van der Waals surface area contributed by atoms with Gasteiger partial charge in [-0.15, -0.1) is 0 Å². The van der Waals surface area contributed by atoms with E-state index in [1.165, 1.54) is 0 Å². The van der Waals surface area contributed by atoms with Gasteiger partial charge < -0.3 is 16.2 Å². The smallest absolute Gasteiger partial charge is 0.217 e. The zero-order valence-electron chi connectivity index (χ0n) is 12.1. The van der Waals surface area contributed by atoms with E-state index in [0.29, 0.717) is 24.3 Å². The SMILES string of the molecule is NC(=O)CCC[C@@](O)(c1cccc(Cl)c1)[C@@H]1CCCNC1. The second kappa shape index (κ2) is 7.25. The predicted molar refractivity (Wildman–Crippen MR) is 84.0 cm³/mol. The van der Waals surface area contributed by atoms with Crippen LogP contribution < -0.4 is 11.1 Å². The lowest BCUT2D eigenvalue weighted by Gasteiger charge is -2.39. The molecule has 1 aliphatic heterocycles. The Kier molecular flexibility index (Phi) is 5.62. The predicted octanol–water partition coefficient (Wildman–Crippen LogP) is 2.18. The highest BCUT2D eigenvalue weighted by atomic mass is 35.5. The molecule has 1 fully saturated rings. The number of primary amides is 1. The number of halogens is 1. The Bertz CT molecular complexity index is 489. The largest absolute Gasteiger partial charge is 0.385 e. The normalized spacial score (nSPS) is 21.7. The fourth-order valence-corrected chi connectivity index (χ4v) is 3.32. The van der Waals surface area contributed by atoms with Crippen LogP contribution in [0.4, 0.5) is 0 Å². The quantitative estimate of drug-likeness (QED) is 0.754. The van der Waals surface area contributed by atoms with Crippen LogP contribution >= 0.6 is 11.6 Å². The van der Waals surface area contributed by atoms with Gasteiger partial charge in [-0.05, 0) is 49.9 Å². The van der Waals surface area contributed by atoms with Crippen LogP contribution in [-0.4, -0.2) is 24.1 Å². The zero-order chi connectivity index (χ0) is 15.3. The van der Waals surface area contributed by atoms with Gasteiger partial charge in [-0.3, -0.25) is 4.79 Å². The second-order valence-electron chi connectivity index (χ2n) is 5.80. The molecule has 1 aromatic rings. The number of carbonyl (C=O) groups excluding carboxylic acids is 1. The van der Waals surface area contributed by atoms with Gasteiger partial charge in [0.2, 0.25) is 5.91 Å². The van der Waals surface area contributed by atoms with E-state index in [4.69, 9.17) is 17.3 Å². The summed E-state index contributed by atoms with van der Waals surface area (Å²) in [4.78, 5) is 11.0. The lowest BCUT2D eigenvalue weighted by Crippen LogP contribution is -2.44. The first-order valence-electron chi connectivity index (χ1n) is 7.50. The van der Waals surface area contributed by atoms with Gasteiger partial charge in [-0.25, -0.2) is 0 Å². The van der Waals surface area contributed by atoms with Gasteiger partial charge >= 0.3 is 0 Å². The number of carbonyl (C=O) groups is 1. The molecular formula is C16H23ClN2O2.